The largest absolute Gasteiger partial charge is 0.368 e. The van der Waals surface area contributed by atoms with Crippen molar-refractivity contribution < 1.29 is 0 Å². The molecule has 4 heteroatoms. The van der Waals surface area contributed by atoms with Crippen molar-refractivity contribution in [2.24, 2.45) is 18.7 Å². The van der Waals surface area contributed by atoms with Gasteiger partial charge < -0.3 is 11.1 Å². The Morgan fingerprint density at radius 3 is 3.07 bits per heavy atom. The lowest BCUT2D eigenvalue weighted by Crippen LogP contribution is -2.29. The third kappa shape index (κ3) is 2.07. The zero-order chi connectivity index (χ0) is 9.97. The molecule has 2 atom stereocenters. The zero-order valence-corrected chi connectivity index (χ0v) is 8.61. The van der Waals surface area contributed by atoms with Gasteiger partial charge in [0.2, 0.25) is 0 Å². The second-order valence-electron chi connectivity index (χ2n) is 4.11. The molecule has 3 N–H and O–H groups in total. The minimum Gasteiger partial charge on any atom is -0.368 e. The molecule has 2 rings (SSSR count). The Hall–Kier alpha value is -1.03. The number of aromatic nitrogens is 2. The van der Waals surface area contributed by atoms with Crippen molar-refractivity contribution >= 4 is 5.82 Å². The summed E-state index contributed by atoms with van der Waals surface area (Å²) in [7, 11) is 1.92. The molecule has 1 aromatic rings. The molecule has 1 aliphatic carbocycles. The van der Waals surface area contributed by atoms with Crippen molar-refractivity contribution in [2.75, 3.05) is 11.9 Å². The molecule has 4 nitrogen and oxygen atoms in total. The molecule has 1 aromatic heterocycles. The normalized spacial score (nSPS) is 26.7. The maximum atomic E-state index is 5.98. The summed E-state index contributed by atoms with van der Waals surface area (Å²) < 4.78 is 1.80. The Bertz CT molecular complexity index is 294. The van der Waals surface area contributed by atoms with Crippen LogP contribution >= 0.6 is 0 Å². The van der Waals surface area contributed by atoms with Gasteiger partial charge in [0.15, 0.2) is 0 Å². The van der Waals surface area contributed by atoms with E-state index in [1.54, 1.807) is 4.68 Å². The number of rotatable bonds is 3. The number of anilines is 1. The topological polar surface area (TPSA) is 55.9 Å². The Kier molecular flexibility index (Phi) is 2.72. The van der Waals surface area contributed by atoms with Crippen LogP contribution in [0, 0.1) is 5.92 Å². The number of nitrogens with zero attached hydrogens (tertiary/aromatic N) is 2. The third-order valence-electron chi connectivity index (χ3n) is 2.98. The first-order valence-corrected chi connectivity index (χ1v) is 5.25. The molecular formula is C10H18N4. The SMILES string of the molecule is Cn1ccc(NCC2CCCC2N)n1. The molecule has 78 valence electrons. The van der Waals surface area contributed by atoms with Crippen LogP contribution in [0.5, 0.6) is 0 Å². The molecule has 0 aliphatic heterocycles. The van der Waals surface area contributed by atoms with Gasteiger partial charge in [0, 0.05) is 31.9 Å². The summed E-state index contributed by atoms with van der Waals surface area (Å²) in [5.74, 6) is 1.57. The van der Waals surface area contributed by atoms with Gasteiger partial charge in [0.1, 0.15) is 5.82 Å². The van der Waals surface area contributed by atoms with Gasteiger partial charge >= 0.3 is 0 Å². The average Bonchev–Trinajstić information content (AvgIpc) is 2.72. The lowest BCUT2D eigenvalue weighted by atomic mass is 10.1. The van der Waals surface area contributed by atoms with Crippen LogP contribution in [0.3, 0.4) is 0 Å². The Balaban J connectivity index is 1.82. The molecule has 1 aliphatic rings. The molecular weight excluding hydrogens is 176 g/mol. The molecule has 0 spiro atoms. The van der Waals surface area contributed by atoms with Crippen molar-refractivity contribution in [1.82, 2.24) is 9.78 Å². The number of nitrogens with one attached hydrogen (secondary N) is 1. The van der Waals surface area contributed by atoms with E-state index in [9.17, 15) is 0 Å². The van der Waals surface area contributed by atoms with Crippen molar-refractivity contribution in [2.45, 2.75) is 25.3 Å². The van der Waals surface area contributed by atoms with Crippen LogP contribution in [0.25, 0.3) is 0 Å². The minimum atomic E-state index is 0.381. The first kappa shape index (κ1) is 9.52. The van der Waals surface area contributed by atoms with Crippen molar-refractivity contribution in [3.63, 3.8) is 0 Å². The molecule has 0 amide bonds. The lowest BCUT2D eigenvalue weighted by molar-refractivity contribution is 0.504. The molecule has 0 bridgehead atoms. The molecule has 1 saturated carbocycles. The fourth-order valence-electron chi connectivity index (χ4n) is 2.06. The quantitative estimate of drug-likeness (QED) is 0.753. The summed E-state index contributed by atoms with van der Waals surface area (Å²) in [6.07, 6.45) is 5.64. The molecule has 0 aromatic carbocycles. The minimum absolute atomic E-state index is 0.381. The predicted molar refractivity (Wildman–Crippen MR) is 57.0 cm³/mol. The van der Waals surface area contributed by atoms with Gasteiger partial charge in [-0.2, -0.15) is 5.10 Å². The number of aryl methyl sites for hydroxylation is 1. The van der Waals surface area contributed by atoms with E-state index >= 15 is 0 Å². The van der Waals surface area contributed by atoms with Gasteiger partial charge in [0.25, 0.3) is 0 Å². The highest BCUT2D eigenvalue weighted by Crippen LogP contribution is 2.23. The van der Waals surface area contributed by atoms with Gasteiger partial charge in [-0.1, -0.05) is 6.42 Å². The molecule has 0 radical (unpaired) electrons. The maximum Gasteiger partial charge on any atom is 0.147 e. The summed E-state index contributed by atoms with van der Waals surface area (Å²) in [6.45, 7) is 0.957. The fraction of sp³-hybridized carbons (Fsp3) is 0.700. The van der Waals surface area contributed by atoms with Crippen LogP contribution in [-0.4, -0.2) is 22.4 Å². The first-order chi connectivity index (χ1) is 6.75. The van der Waals surface area contributed by atoms with Crippen molar-refractivity contribution in [1.29, 1.82) is 0 Å². The Morgan fingerprint density at radius 2 is 2.50 bits per heavy atom. The van der Waals surface area contributed by atoms with Crippen LogP contribution in [0.4, 0.5) is 5.82 Å². The van der Waals surface area contributed by atoms with Gasteiger partial charge in [-0.15, -0.1) is 0 Å². The van der Waals surface area contributed by atoms with E-state index in [4.69, 9.17) is 5.73 Å². The van der Waals surface area contributed by atoms with Gasteiger partial charge in [-0.25, -0.2) is 0 Å². The summed E-state index contributed by atoms with van der Waals surface area (Å²) in [5, 5.41) is 7.59. The van der Waals surface area contributed by atoms with Crippen LogP contribution in [-0.2, 0) is 7.05 Å². The number of hydrogen-bond donors (Lipinski definition) is 2. The zero-order valence-electron chi connectivity index (χ0n) is 8.61. The molecule has 0 saturated heterocycles. The molecule has 2 unspecified atom stereocenters. The van der Waals surface area contributed by atoms with Crippen LogP contribution in [0.15, 0.2) is 12.3 Å². The number of nitrogens with two attached hydrogens (primary N) is 1. The number of hydrogen-bond acceptors (Lipinski definition) is 3. The second kappa shape index (κ2) is 4.00. The summed E-state index contributed by atoms with van der Waals surface area (Å²) in [6, 6.07) is 2.37. The van der Waals surface area contributed by atoms with E-state index in [2.05, 4.69) is 10.4 Å². The molecule has 1 heterocycles. The fourth-order valence-corrected chi connectivity index (χ4v) is 2.06. The standard InChI is InChI=1S/C10H18N4/c1-14-6-5-10(13-14)12-7-8-3-2-4-9(8)11/h5-6,8-9H,2-4,7,11H2,1H3,(H,12,13). The van der Waals surface area contributed by atoms with Gasteiger partial charge in [-0.05, 0) is 18.8 Å². The lowest BCUT2D eigenvalue weighted by Gasteiger charge is -2.15. The molecule has 1 fully saturated rings. The summed E-state index contributed by atoms with van der Waals surface area (Å²) in [4.78, 5) is 0. The van der Waals surface area contributed by atoms with E-state index < -0.39 is 0 Å². The predicted octanol–water partition coefficient (Wildman–Crippen LogP) is 0.959. The van der Waals surface area contributed by atoms with Crippen LogP contribution < -0.4 is 11.1 Å². The average molecular weight is 194 g/mol. The van der Waals surface area contributed by atoms with Crippen molar-refractivity contribution in [3.8, 4) is 0 Å². The monoisotopic (exact) mass is 194 g/mol. The molecule has 14 heavy (non-hydrogen) atoms. The van der Waals surface area contributed by atoms with Gasteiger partial charge in [-0.3, -0.25) is 4.68 Å². The Morgan fingerprint density at radius 1 is 1.64 bits per heavy atom. The van der Waals surface area contributed by atoms with E-state index in [0.29, 0.717) is 12.0 Å². The van der Waals surface area contributed by atoms with E-state index in [-0.39, 0.29) is 0 Å². The van der Waals surface area contributed by atoms with E-state index in [1.807, 2.05) is 19.3 Å². The third-order valence-corrected chi connectivity index (χ3v) is 2.98. The highest BCUT2D eigenvalue weighted by molar-refractivity contribution is 5.32. The maximum absolute atomic E-state index is 5.98. The first-order valence-electron chi connectivity index (χ1n) is 5.25. The van der Waals surface area contributed by atoms with Crippen LogP contribution in [0.1, 0.15) is 19.3 Å². The smallest absolute Gasteiger partial charge is 0.147 e. The van der Waals surface area contributed by atoms with E-state index in [1.165, 1.54) is 19.3 Å². The van der Waals surface area contributed by atoms with Gasteiger partial charge in [0.05, 0.1) is 0 Å². The summed E-state index contributed by atoms with van der Waals surface area (Å²) >= 11 is 0. The van der Waals surface area contributed by atoms with Crippen LogP contribution in [0.2, 0.25) is 0 Å². The second-order valence-corrected chi connectivity index (χ2v) is 4.11. The van der Waals surface area contributed by atoms with Crippen molar-refractivity contribution in [3.05, 3.63) is 12.3 Å². The Labute approximate surface area is 84.5 Å². The highest BCUT2D eigenvalue weighted by atomic mass is 15.3. The highest BCUT2D eigenvalue weighted by Gasteiger charge is 2.23. The van der Waals surface area contributed by atoms with E-state index in [0.717, 1.165) is 12.4 Å². The summed E-state index contributed by atoms with van der Waals surface area (Å²) in [5.41, 5.74) is 5.98.